The van der Waals surface area contributed by atoms with E-state index < -0.39 is 10.0 Å². The molecule has 0 unspecified atom stereocenters. The highest BCUT2D eigenvalue weighted by Gasteiger charge is 2.18. The molecule has 0 fully saturated rings. The first-order valence-corrected chi connectivity index (χ1v) is 14.2. The molecule has 3 aromatic heterocycles. The summed E-state index contributed by atoms with van der Waals surface area (Å²) in [6.07, 6.45) is 5.31. The molecule has 4 aromatic rings. The Labute approximate surface area is 216 Å². The Balaban J connectivity index is 1.55. The topological polar surface area (TPSA) is 122 Å². The van der Waals surface area contributed by atoms with Crippen molar-refractivity contribution < 1.29 is 8.42 Å². The Kier molecular flexibility index (Phi) is 7.75. The van der Waals surface area contributed by atoms with E-state index in [1.807, 2.05) is 20.2 Å². The normalized spacial score (nSPS) is 11.3. The Bertz CT molecular complexity index is 1450. The van der Waals surface area contributed by atoms with Crippen molar-refractivity contribution in [3.8, 4) is 10.4 Å². The molecule has 1 aromatic carbocycles. The molecule has 9 nitrogen and oxygen atoms in total. The zero-order valence-corrected chi connectivity index (χ0v) is 22.2. The summed E-state index contributed by atoms with van der Waals surface area (Å²) < 4.78 is 28.0. The maximum absolute atomic E-state index is 12.8. The minimum Gasteiger partial charge on any atom is -0.373 e. The van der Waals surface area contributed by atoms with Crippen LogP contribution in [0, 0.1) is 6.92 Å². The van der Waals surface area contributed by atoms with Crippen molar-refractivity contribution in [1.82, 2.24) is 19.9 Å². The summed E-state index contributed by atoms with van der Waals surface area (Å²) in [7, 11) is -1.99. The first-order valence-electron chi connectivity index (χ1n) is 10.3. The second kappa shape index (κ2) is 10.8. The van der Waals surface area contributed by atoms with Gasteiger partial charge in [-0.05, 0) is 31.4 Å². The van der Waals surface area contributed by atoms with Gasteiger partial charge in [-0.15, -0.1) is 0 Å². The molecule has 0 atom stereocenters. The zero-order valence-electron chi connectivity index (χ0n) is 19.0. The van der Waals surface area contributed by atoms with Crippen LogP contribution in [0.15, 0.2) is 58.8 Å². The summed E-state index contributed by atoms with van der Waals surface area (Å²) in [5.74, 6) is 0.752. The number of benzene rings is 1. The summed E-state index contributed by atoms with van der Waals surface area (Å²) >= 11 is 9.12. The summed E-state index contributed by atoms with van der Waals surface area (Å²) in [6.45, 7) is 2.37. The minimum atomic E-state index is -3.81. The molecule has 182 valence electrons. The van der Waals surface area contributed by atoms with Crippen molar-refractivity contribution in [1.29, 1.82) is 0 Å². The molecule has 4 rings (SSSR count). The van der Waals surface area contributed by atoms with Gasteiger partial charge in [0.15, 0.2) is 15.4 Å². The number of hydrogen-bond acceptors (Lipinski definition) is 10. The Hall–Kier alpha value is -2.93. The van der Waals surface area contributed by atoms with E-state index in [1.165, 1.54) is 35.2 Å². The molecule has 3 N–H and O–H groups in total. The number of nitrogens with one attached hydrogen (secondary N) is 3. The molecule has 0 amide bonds. The van der Waals surface area contributed by atoms with E-state index in [0.717, 1.165) is 22.0 Å². The Morgan fingerprint density at radius 1 is 1.11 bits per heavy atom. The van der Waals surface area contributed by atoms with Crippen molar-refractivity contribution in [3.05, 3.63) is 65.2 Å². The zero-order chi connectivity index (χ0) is 25.0. The quantitative estimate of drug-likeness (QED) is 0.149. The number of pyridine rings is 1. The fourth-order valence-electron chi connectivity index (χ4n) is 3.19. The summed E-state index contributed by atoms with van der Waals surface area (Å²) in [4.78, 5) is 18.6. The third kappa shape index (κ3) is 5.84. The van der Waals surface area contributed by atoms with Crippen LogP contribution in [0.25, 0.3) is 10.4 Å². The molecule has 0 radical (unpaired) electrons. The lowest BCUT2D eigenvalue weighted by atomic mass is 10.2. The van der Waals surface area contributed by atoms with Crippen molar-refractivity contribution in [3.63, 3.8) is 0 Å². The van der Waals surface area contributed by atoms with Gasteiger partial charge in [0.2, 0.25) is 0 Å². The highest BCUT2D eigenvalue weighted by atomic mass is 35.5. The number of halogens is 1. The number of aryl methyl sites for hydroxylation is 1. The molecule has 0 saturated heterocycles. The predicted octanol–water partition coefficient (Wildman–Crippen LogP) is 5.13. The summed E-state index contributed by atoms with van der Waals surface area (Å²) in [5, 5.41) is 7.86. The van der Waals surface area contributed by atoms with E-state index in [1.54, 1.807) is 36.7 Å². The maximum Gasteiger partial charge on any atom is 0.261 e. The molecule has 35 heavy (non-hydrogen) atoms. The van der Waals surface area contributed by atoms with E-state index in [4.69, 9.17) is 11.6 Å². The van der Waals surface area contributed by atoms with E-state index in [-0.39, 0.29) is 15.7 Å². The van der Waals surface area contributed by atoms with Crippen molar-refractivity contribution in [2.45, 2.75) is 23.5 Å². The average molecular weight is 548 g/mol. The molecule has 0 saturated carbocycles. The van der Waals surface area contributed by atoms with Crippen molar-refractivity contribution >= 4 is 61.4 Å². The largest absolute Gasteiger partial charge is 0.373 e. The lowest BCUT2D eigenvalue weighted by molar-refractivity contribution is 0.601. The molecule has 3 heterocycles. The molecule has 0 spiro atoms. The fraction of sp³-hybridized carbons (Fsp3) is 0.182. The Morgan fingerprint density at radius 3 is 2.60 bits per heavy atom. The van der Waals surface area contributed by atoms with Gasteiger partial charge in [0.25, 0.3) is 10.0 Å². The number of nitrogens with zero attached hydrogens (tertiary/aromatic N) is 4. The van der Waals surface area contributed by atoms with Crippen LogP contribution in [0.5, 0.6) is 0 Å². The molecule has 0 aliphatic carbocycles. The number of anilines is 3. The van der Waals surface area contributed by atoms with Gasteiger partial charge in [-0.1, -0.05) is 52.9 Å². The number of aromatic nitrogens is 4. The molecule has 0 aliphatic rings. The lowest BCUT2D eigenvalue weighted by Gasteiger charge is -2.10. The van der Waals surface area contributed by atoms with Crippen LogP contribution in [-0.4, -0.2) is 41.7 Å². The monoisotopic (exact) mass is 547 g/mol. The summed E-state index contributed by atoms with van der Waals surface area (Å²) in [6, 6.07) is 9.74. The number of sulfonamides is 1. The molecule has 0 bridgehead atoms. The van der Waals surface area contributed by atoms with Crippen LogP contribution in [0.1, 0.15) is 11.3 Å². The fourth-order valence-corrected chi connectivity index (χ4v) is 5.76. The molecular weight excluding hydrogens is 526 g/mol. The standard InChI is InChI=1S/C22H22ClN7O2S3/c1-13-18(34-22(28-13)27-12-15-11-26-21(33-3)29-20(15)24-2)14-9-17(19(23)25-10-14)30-35(31,32)16-7-5-4-6-8-16/h4-11,30H,12H2,1-3H3,(H,27,28)(H,24,26,29). The predicted molar refractivity (Wildman–Crippen MR) is 143 cm³/mol. The van der Waals surface area contributed by atoms with Gasteiger partial charge >= 0.3 is 0 Å². The van der Waals surface area contributed by atoms with Crippen LogP contribution in [-0.2, 0) is 16.6 Å². The van der Waals surface area contributed by atoms with E-state index >= 15 is 0 Å². The van der Waals surface area contributed by atoms with Crippen LogP contribution in [0.3, 0.4) is 0 Å². The molecule has 13 heteroatoms. The number of rotatable bonds is 9. The SMILES string of the molecule is CNc1nc(SC)ncc1CNc1nc(C)c(-c2cnc(Cl)c(NS(=O)(=O)c3ccccc3)c2)s1. The first-order chi connectivity index (χ1) is 16.8. The van der Waals surface area contributed by atoms with Gasteiger partial charge < -0.3 is 10.6 Å². The van der Waals surface area contributed by atoms with Gasteiger partial charge in [0.1, 0.15) is 5.82 Å². The van der Waals surface area contributed by atoms with Gasteiger partial charge in [0, 0.05) is 37.1 Å². The smallest absolute Gasteiger partial charge is 0.261 e. The first kappa shape index (κ1) is 25.2. The van der Waals surface area contributed by atoms with Gasteiger partial charge in [-0.2, -0.15) is 0 Å². The van der Waals surface area contributed by atoms with E-state index in [9.17, 15) is 8.42 Å². The number of hydrogen-bond donors (Lipinski definition) is 3. The third-order valence-electron chi connectivity index (χ3n) is 4.89. The van der Waals surface area contributed by atoms with Crippen molar-refractivity contribution in [2.75, 3.05) is 28.7 Å². The highest BCUT2D eigenvalue weighted by Crippen LogP contribution is 2.36. The number of thioether (sulfide) groups is 1. The van der Waals surface area contributed by atoms with Crippen molar-refractivity contribution in [2.24, 2.45) is 0 Å². The van der Waals surface area contributed by atoms with Gasteiger partial charge in [-0.3, -0.25) is 4.72 Å². The highest BCUT2D eigenvalue weighted by molar-refractivity contribution is 7.98. The van der Waals surface area contributed by atoms with Crippen LogP contribution < -0.4 is 15.4 Å². The second-order valence-electron chi connectivity index (χ2n) is 7.25. The molecular formula is C22H22ClN7O2S3. The lowest BCUT2D eigenvalue weighted by Crippen LogP contribution is -2.13. The minimum absolute atomic E-state index is 0.0575. The van der Waals surface area contributed by atoms with E-state index in [0.29, 0.717) is 22.4 Å². The van der Waals surface area contributed by atoms with Gasteiger partial charge in [0.05, 0.1) is 21.2 Å². The van der Waals surface area contributed by atoms with E-state index in [2.05, 4.69) is 35.3 Å². The van der Waals surface area contributed by atoms with Crippen LogP contribution in [0.4, 0.5) is 16.6 Å². The number of thiazole rings is 1. The van der Waals surface area contributed by atoms with Crippen LogP contribution in [0.2, 0.25) is 5.15 Å². The third-order valence-corrected chi connectivity index (χ3v) is 8.30. The molecule has 0 aliphatic heterocycles. The maximum atomic E-state index is 12.8. The Morgan fingerprint density at radius 2 is 1.89 bits per heavy atom. The van der Waals surface area contributed by atoms with Crippen LogP contribution >= 0.6 is 34.7 Å². The summed E-state index contributed by atoms with van der Waals surface area (Å²) in [5.41, 5.74) is 2.58. The van der Waals surface area contributed by atoms with Gasteiger partial charge in [-0.25, -0.2) is 28.4 Å². The average Bonchev–Trinajstić information content (AvgIpc) is 3.24. The second-order valence-corrected chi connectivity index (χ2v) is 11.1.